The van der Waals surface area contributed by atoms with Crippen molar-refractivity contribution in [2.24, 2.45) is 0 Å². The van der Waals surface area contributed by atoms with Crippen LogP contribution in [0.15, 0.2) is 30.3 Å². The Kier molecular flexibility index (Phi) is 2.94. The molecule has 2 fully saturated rings. The Labute approximate surface area is 121 Å². The van der Waals surface area contributed by atoms with E-state index in [1.165, 1.54) is 5.01 Å². The lowest BCUT2D eigenvalue weighted by atomic mass is 10.3. The number of para-hydroxylation sites is 1. The van der Waals surface area contributed by atoms with Crippen molar-refractivity contribution in [3.05, 3.63) is 30.3 Å². The molecule has 0 saturated carbocycles. The highest BCUT2D eigenvalue weighted by Gasteiger charge is 2.53. The van der Waals surface area contributed by atoms with Gasteiger partial charge in [0.2, 0.25) is 6.41 Å². The molecule has 2 N–H and O–H groups in total. The van der Waals surface area contributed by atoms with E-state index >= 15 is 0 Å². The summed E-state index contributed by atoms with van der Waals surface area (Å²) in [5.41, 5.74) is 3.30. The molecule has 104 valence electrons. The average Bonchev–Trinajstić information content (AvgIpc) is 2.88. The van der Waals surface area contributed by atoms with Gasteiger partial charge in [0.15, 0.2) is 17.4 Å². The van der Waals surface area contributed by atoms with Gasteiger partial charge in [0.25, 0.3) is 0 Å². The number of hydrazine groups is 1. The van der Waals surface area contributed by atoms with Crippen LogP contribution in [0.5, 0.6) is 0 Å². The fourth-order valence-corrected chi connectivity index (χ4v) is 2.85. The molecule has 1 aromatic rings. The van der Waals surface area contributed by atoms with E-state index < -0.39 is 0 Å². The summed E-state index contributed by atoms with van der Waals surface area (Å²) in [5, 5.41) is 4.92. The van der Waals surface area contributed by atoms with Crippen LogP contribution < -0.4 is 15.6 Å². The second-order valence-electron chi connectivity index (χ2n) is 4.52. The van der Waals surface area contributed by atoms with Crippen molar-refractivity contribution in [2.75, 3.05) is 11.9 Å². The van der Waals surface area contributed by atoms with Gasteiger partial charge in [0, 0.05) is 12.7 Å². The number of likely N-dealkylation sites (N-methyl/N-ethyl adjacent to an activating group) is 1. The third-order valence-electron chi connectivity index (χ3n) is 3.45. The summed E-state index contributed by atoms with van der Waals surface area (Å²) in [6, 6.07) is 9.18. The lowest BCUT2D eigenvalue weighted by Gasteiger charge is -2.26. The number of rotatable bonds is 3. The van der Waals surface area contributed by atoms with Gasteiger partial charge in [-0.05, 0) is 24.4 Å². The molecule has 0 aliphatic carbocycles. The first kappa shape index (κ1) is 12.7. The van der Waals surface area contributed by atoms with Gasteiger partial charge in [-0.15, -0.1) is 0 Å². The molecule has 2 aliphatic heterocycles. The second-order valence-corrected chi connectivity index (χ2v) is 4.91. The molecule has 2 saturated heterocycles. The molecule has 7 nitrogen and oxygen atoms in total. The topological polar surface area (TPSA) is 67.9 Å². The zero-order valence-electron chi connectivity index (χ0n) is 10.7. The number of nitrogens with zero attached hydrogens (tertiary/aromatic N) is 3. The smallest absolute Gasteiger partial charge is 0.327 e. The van der Waals surface area contributed by atoms with Crippen LogP contribution in [0.2, 0.25) is 0 Å². The van der Waals surface area contributed by atoms with Crippen molar-refractivity contribution >= 4 is 35.5 Å². The first-order valence-corrected chi connectivity index (χ1v) is 6.46. The number of urea groups is 1. The third kappa shape index (κ3) is 1.68. The molecular formula is C12H13N5O2S. The van der Waals surface area contributed by atoms with E-state index in [4.69, 9.17) is 12.2 Å². The molecule has 0 aromatic heterocycles. The van der Waals surface area contributed by atoms with Gasteiger partial charge in [-0.1, -0.05) is 18.2 Å². The lowest BCUT2D eigenvalue weighted by molar-refractivity contribution is -0.113. The number of benzene rings is 1. The zero-order chi connectivity index (χ0) is 14.3. The molecule has 2 atom stereocenters. The fraction of sp³-hybridized carbons (Fsp3) is 0.250. The Hall–Kier alpha value is -2.35. The summed E-state index contributed by atoms with van der Waals surface area (Å²) in [6.45, 7) is 0. The van der Waals surface area contributed by atoms with E-state index in [1.807, 2.05) is 30.3 Å². The largest absolute Gasteiger partial charge is 0.337 e. The second kappa shape index (κ2) is 4.64. The highest BCUT2D eigenvalue weighted by molar-refractivity contribution is 7.80. The van der Waals surface area contributed by atoms with Gasteiger partial charge in [-0.2, -0.15) is 0 Å². The van der Waals surface area contributed by atoms with Gasteiger partial charge in [-0.25, -0.2) is 9.80 Å². The summed E-state index contributed by atoms with van der Waals surface area (Å²) in [5.74, 6) is 0. The minimum Gasteiger partial charge on any atom is -0.337 e. The average molecular weight is 291 g/mol. The number of amides is 3. The monoisotopic (exact) mass is 291 g/mol. The summed E-state index contributed by atoms with van der Waals surface area (Å²) < 4.78 is 0. The number of hydrogen-bond acceptors (Lipinski definition) is 3. The molecule has 8 heteroatoms. The number of carbonyl (C=O) groups excluding carboxylic acids is 2. The summed E-state index contributed by atoms with van der Waals surface area (Å²) >= 11 is 5.18. The predicted molar refractivity (Wildman–Crippen MR) is 76.4 cm³/mol. The maximum Gasteiger partial charge on any atom is 0.327 e. The summed E-state index contributed by atoms with van der Waals surface area (Å²) in [7, 11) is 1.68. The molecule has 3 rings (SSSR count). The van der Waals surface area contributed by atoms with Crippen molar-refractivity contribution in [3.63, 3.8) is 0 Å². The SMILES string of the molecule is CN1C(=O)N(c2ccccc2)C2NC(=S)N(NC=O)C21. The molecule has 0 bridgehead atoms. The molecule has 2 aliphatic rings. The minimum absolute atomic E-state index is 0.154. The molecule has 3 amide bonds. The van der Waals surface area contributed by atoms with Crippen LogP contribution in [-0.2, 0) is 4.79 Å². The van der Waals surface area contributed by atoms with Crippen molar-refractivity contribution in [3.8, 4) is 0 Å². The standard InChI is InChI=1S/C12H13N5O2S/c1-15-10-9(14-11(20)17(10)13-7-18)16(12(15)19)8-5-3-2-4-6-8/h2-7,9-10H,1H3,(H,13,18)(H,14,20). The Morgan fingerprint density at radius 3 is 2.70 bits per heavy atom. The van der Waals surface area contributed by atoms with Crippen molar-refractivity contribution in [2.45, 2.75) is 12.3 Å². The fourth-order valence-electron chi connectivity index (χ4n) is 2.57. The van der Waals surface area contributed by atoms with Gasteiger partial charge in [0.1, 0.15) is 0 Å². The van der Waals surface area contributed by atoms with E-state index in [1.54, 1.807) is 16.8 Å². The van der Waals surface area contributed by atoms with E-state index in [2.05, 4.69) is 10.7 Å². The van der Waals surface area contributed by atoms with Crippen LogP contribution in [0.25, 0.3) is 0 Å². The van der Waals surface area contributed by atoms with Crippen LogP contribution in [0.3, 0.4) is 0 Å². The van der Waals surface area contributed by atoms with Crippen molar-refractivity contribution in [1.29, 1.82) is 0 Å². The normalized spacial score (nSPS) is 24.8. The van der Waals surface area contributed by atoms with Crippen LogP contribution in [0.1, 0.15) is 0 Å². The summed E-state index contributed by atoms with van der Waals surface area (Å²) in [6.07, 6.45) is -0.171. The van der Waals surface area contributed by atoms with Gasteiger partial charge in [-0.3, -0.25) is 15.1 Å². The molecule has 2 unspecified atom stereocenters. The number of carbonyl (C=O) groups is 2. The van der Waals surface area contributed by atoms with Crippen LogP contribution in [0, 0.1) is 0 Å². The quantitative estimate of drug-likeness (QED) is 0.609. The summed E-state index contributed by atoms with van der Waals surface area (Å²) in [4.78, 5) is 26.2. The Morgan fingerprint density at radius 1 is 1.35 bits per heavy atom. The van der Waals surface area contributed by atoms with Crippen LogP contribution in [-0.4, -0.2) is 46.8 Å². The number of hydrogen-bond donors (Lipinski definition) is 2. The molecular weight excluding hydrogens is 278 g/mol. The Morgan fingerprint density at radius 2 is 2.05 bits per heavy atom. The highest BCUT2D eigenvalue weighted by atomic mass is 32.1. The number of thiocarbonyl (C=S) groups is 1. The van der Waals surface area contributed by atoms with Crippen LogP contribution >= 0.6 is 12.2 Å². The number of nitrogens with one attached hydrogen (secondary N) is 2. The first-order chi connectivity index (χ1) is 9.65. The maximum absolute atomic E-state index is 12.4. The van der Waals surface area contributed by atoms with Gasteiger partial charge < -0.3 is 10.2 Å². The Bertz CT molecular complexity index is 566. The maximum atomic E-state index is 12.4. The molecule has 20 heavy (non-hydrogen) atoms. The number of anilines is 1. The van der Waals surface area contributed by atoms with Crippen LogP contribution in [0.4, 0.5) is 10.5 Å². The van der Waals surface area contributed by atoms with E-state index in [9.17, 15) is 9.59 Å². The zero-order valence-corrected chi connectivity index (χ0v) is 11.5. The highest BCUT2D eigenvalue weighted by Crippen LogP contribution is 2.31. The Balaban J connectivity index is 1.97. The van der Waals surface area contributed by atoms with E-state index in [-0.39, 0.29) is 18.4 Å². The van der Waals surface area contributed by atoms with E-state index in [0.29, 0.717) is 11.5 Å². The molecule has 0 spiro atoms. The van der Waals surface area contributed by atoms with Gasteiger partial charge >= 0.3 is 6.03 Å². The molecule has 0 radical (unpaired) electrons. The first-order valence-electron chi connectivity index (χ1n) is 6.06. The molecule has 1 aromatic carbocycles. The predicted octanol–water partition coefficient (Wildman–Crippen LogP) is 0.0617. The minimum atomic E-state index is -0.375. The van der Waals surface area contributed by atoms with Crippen molar-refractivity contribution in [1.82, 2.24) is 20.7 Å². The number of fused-ring (bicyclic) bond motifs is 1. The molecule has 2 heterocycles. The van der Waals surface area contributed by atoms with E-state index in [0.717, 1.165) is 5.69 Å². The van der Waals surface area contributed by atoms with Crippen molar-refractivity contribution < 1.29 is 9.59 Å². The lowest BCUT2D eigenvalue weighted by Crippen LogP contribution is -2.51. The third-order valence-corrected chi connectivity index (χ3v) is 3.76. The van der Waals surface area contributed by atoms with Gasteiger partial charge in [0.05, 0.1) is 0 Å².